The molecular formula is C24H34FNaO4. The molecule has 2 rings (SSSR count). The molecule has 0 radical (unpaired) electrons. The van der Waals surface area contributed by atoms with E-state index in [0.29, 0.717) is 5.56 Å². The minimum Gasteiger partial charge on any atom is -1.00 e. The summed E-state index contributed by atoms with van der Waals surface area (Å²) in [6.07, 6.45) is 2.83. The number of halogens is 1. The average molecular weight is 429 g/mol. The molecule has 0 aromatic heterocycles. The van der Waals surface area contributed by atoms with Gasteiger partial charge in [0.2, 0.25) is 0 Å². The monoisotopic (exact) mass is 428 g/mol. The summed E-state index contributed by atoms with van der Waals surface area (Å²) in [6.45, 7) is 10.5. The largest absolute Gasteiger partial charge is 1.00 e. The molecule has 6 heteroatoms. The van der Waals surface area contributed by atoms with E-state index in [1.54, 1.807) is 19.1 Å². The van der Waals surface area contributed by atoms with Crippen LogP contribution in [0.5, 0.6) is 0 Å². The van der Waals surface area contributed by atoms with Gasteiger partial charge in [0.1, 0.15) is 5.82 Å². The molecule has 0 spiro atoms. The first kappa shape index (κ1) is 27.1. The van der Waals surface area contributed by atoms with Crippen LogP contribution in [0.15, 0.2) is 35.9 Å². The van der Waals surface area contributed by atoms with Crippen LogP contribution in [0.4, 0.5) is 4.39 Å². The first-order valence-electron chi connectivity index (χ1n) is 10.1. The Hall–Kier alpha value is -0.980. The Kier molecular flexibility index (Phi) is 9.52. The predicted octanol–water partition coefficient (Wildman–Crippen LogP) is 1.99. The Morgan fingerprint density at radius 2 is 1.90 bits per heavy atom. The molecule has 0 heterocycles. The van der Waals surface area contributed by atoms with Gasteiger partial charge >= 0.3 is 35.5 Å². The van der Waals surface area contributed by atoms with Gasteiger partial charge in [0, 0.05) is 6.42 Å². The molecule has 1 aromatic carbocycles. The number of benzene rings is 1. The third-order valence-corrected chi connectivity index (χ3v) is 5.55. The Balaban J connectivity index is 0.00000450. The molecule has 162 valence electrons. The van der Waals surface area contributed by atoms with Crippen LogP contribution in [0.3, 0.4) is 0 Å². The molecule has 1 aliphatic carbocycles. The van der Waals surface area contributed by atoms with Gasteiger partial charge in [-0.3, -0.25) is 4.79 Å². The number of carbonyl (C=O) groups is 1. The second-order valence-electron chi connectivity index (χ2n) is 9.67. The molecule has 1 aromatic rings. The van der Waals surface area contributed by atoms with Crippen LogP contribution < -0.4 is 29.6 Å². The predicted molar refractivity (Wildman–Crippen MR) is 114 cm³/mol. The molecule has 0 aliphatic heterocycles. The van der Waals surface area contributed by atoms with E-state index in [2.05, 4.69) is 27.7 Å². The number of aliphatic carboxylic acids is 1. The van der Waals surface area contributed by atoms with Crippen molar-refractivity contribution in [1.29, 1.82) is 0 Å². The maximum absolute atomic E-state index is 13.8. The smallest absolute Gasteiger partial charge is 1.00 e. The van der Waals surface area contributed by atoms with E-state index in [0.717, 1.165) is 29.6 Å². The molecule has 0 bridgehead atoms. The molecule has 2 unspecified atom stereocenters. The summed E-state index contributed by atoms with van der Waals surface area (Å²) < 4.78 is 13.8. The van der Waals surface area contributed by atoms with Crippen LogP contribution in [-0.4, -0.2) is 33.5 Å². The van der Waals surface area contributed by atoms with Crippen molar-refractivity contribution in [2.75, 3.05) is 0 Å². The summed E-state index contributed by atoms with van der Waals surface area (Å²) >= 11 is 0. The number of aliphatic hydroxyl groups is 2. The van der Waals surface area contributed by atoms with Crippen molar-refractivity contribution in [3.63, 3.8) is 0 Å². The van der Waals surface area contributed by atoms with Crippen molar-refractivity contribution in [2.24, 2.45) is 10.8 Å². The van der Waals surface area contributed by atoms with E-state index in [1.165, 1.54) is 6.07 Å². The quantitative estimate of drug-likeness (QED) is 0.581. The summed E-state index contributed by atoms with van der Waals surface area (Å²) in [4.78, 5) is 10.7. The molecular weight excluding hydrogens is 394 g/mol. The summed E-state index contributed by atoms with van der Waals surface area (Å²) in [5.41, 5.74) is 3.70. The molecule has 0 saturated carbocycles. The average Bonchev–Trinajstić information content (AvgIpc) is 2.53. The standard InChI is InChI=1S/C24H33FO4.Na.H/c1-15-10-16(6-9-21(15)25)19-13-23(2,3)14-24(4,5)20(19)8-7-17(26)11-18(27)12-22(28)29;;/h6-10,17-18,26-27H,11-14H2,1-5H3,(H,28,29);;/q;+1;-1/b8-7+;;. The Morgan fingerprint density at radius 3 is 2.47 bits per heavy atom. The van der Waals surface area contributed by atoms with Crippen LogP contribution in [-0.2, 0) is 4.79 Å². The summed E-state index contributed by atoms with van der Waals surface area (Å²) in [6, 6.07) is 5.16. The van der Waals surface area contributed by atoms with E-state index in [1.807, 2.05) is 12.1 Å². The number of allylic oxidation sites excluding steroid dienone is 3. The third-order valence-electron chi connectivity index (χ3n) is 5.55. The molecule has 0 fully saturated rings. The van der Waals surface area contributed by atoms with Crippen molar-refractivity contribution < 1.29 is 55.5 Å². The normalized spacial score (nSPS) is 20.0. The van der Waals surface area contributed by atoms with Crippen molar-refractivity contribution >= 4 is 11.5 Å². The Morgan fingerprint density at radius 1 is 1.27 bits per heavy atom. The number of hydrogen-bond donors (Lipinski definition) is 3. The molecule has 3 N–H and O–H groups in total. The molecule has 0 saturated heterocycles. The number of carboxylic acids is 1. The molecule has 30 heavy (non-hydrogen) atoms. The fourth-order valence-electron chi connectivity index (χ4n) is 4.60. The Bertz CT molecular complexity index is 833. The van der Waals surface area contributed by atoms with E-state index in [9.17, 15) is 19.4 Å². The molecule has 0 amide bonds. The number of aliphatic hydroxyl groups excluding tert-OH is 2. The van der Waals surface area contributed by atoms with Crippen LogP contribution in [0.1, 0.15) is 65.9 Å². The van der Waals surface area contributed by atoms with Gasteiger partial charge in [-0.25, -0.2) is 4.39 Å². The maximum Gasteiger partial charge on any atom is 1.00 e. The van der Waals surface area contributed by atoms with Gasteiger partial charge in [-0.05, 0) is 65.0 Å². The molecule has 1 aliphatic rings. The van der Waals surface area contributed by atoms with Gasteiger partial charge in [0.05, 0.1) is 18.6 Å². The maximum atomic E-state index is 13.8. The minimum atomic E-state index is -1.10. The van der Waals surface area contributed by atoms with Gasteiger partial charge in [-0.15, -0.1) is 0 Å². The van der Waals surface area contributed by atoms with Crippen molar-refractivity contribution in [2.45, 2.75) is 72.5 Å². The number of rotatable bonds is 7. The first-order valence-corrected chi connectivity index (χ1v) is 10.1. The SMILES string of the molecule is Cc1cc(C2=C(/C=C/C(O)CC(O)CC(=O)O)C(C)(C)CC(C)(C)C2)ccc1F.[H-].[Na+]. The fraction of sp³-hybridized carbons (Fsp3) is 0.542. The van der Waals surface area contributed by atoms with Crippen LogP contribution in [0.2, 0.25) is 0 Å². The van der Waals surface area contributed by atoms with Crippen LogP contribution >= 0.6 is 0 Å². The first-order chi connectivity index (χ1) is 13.3. The van der Waals surface area contributed by atoms with Gasteiger partial charge in [-0.2, -0.15) is 0 Å². The van der Waals surface area contributed by atoms with Crippen LogP contribution in [0.25, 0.3) is 5.57 Å². The summed E-state index contributed by atoms with van der Waals surface area (Å²) in [7, 11) is 0. The second kappa shape index (κ2) is 10.6. The van der Waals surface area contributed by atoms with E-state index in [4.69, 9.17) is 5.11 Å². The van der Waals surface area contributed by atoms with Crippen molar-refractivity contribution in [3.05, 3.63) is 52.9 Å². The Labute approximate surface area is 202 Å². The minimum absolute atomic E-state index is 0. The fourth-order valence-corrected chi connectivity index (χ4v) is 4.60. The number of aryl methyl sites for hydroxylation is 1. The summed E-state index contributed by atoms with van der Waals surface area (Å²) in [5, 5.41) is 28.8. The molecule has 2 atom stereocenters. The second-order valence-corrected chi connectivity index (χ2v) is 9.67. The zero-order valence-electron chi connectivity index (χ0n) is 20.0. The topological polar surface area (TPSA) is 77.8 Å². The van der Waals surface area contributed by atoms with Crippen molar-refractivity contribution in [3.8, 4) is 0 Å². The van der Waals surface area contributed by atoms with Gasteiger partial charge in [0.15, 0.2) is 0 Å². The summed E-state index contributed by atoms with van der Waals surface area (Å²) in [5.74, 6) is -1.33. The van der Waals surface area contributed by atoms with Gasteiger partial charge in [0.25, 0.3) is 0 Å². The van der Waals surface area contributed by atoms with Crippen molar-refractivity contribution in [1.82, 2.24) is 0 Å². The third kappa shape index (κ3) is 7.31. The zero-order valence-corrected chi connectivity index (χ0v) is 21.0. The van der Waals surface area contributed by atoms with Gasteiger partial charge < -0.3 is 16.7 Å². The van der Waals surface area contributed by atoms with Gasteiger partial charge in [-0.1, -0.05) is 45.9 Å². The van der Waals surface area contributed by atoms with E-state index in [-0.39, 0.29) is 54.1 Å². The zero-order chi connectivity index (χ0) is 22.0. The number of hydrogen-bond acceptors (Lipinski definition) is 3. The van der Waals surface area contributed by atoms with E-state index >= 15 is 0 Å². The number of carboxylic acid groups (broad SMARTS) is 1. The van der Waals surface area contributed by atoms with E-state index < -0.39 is 24.6 Å². The molecule has 4 nitrogen and oxygen atoms in total. The van der Waals surface area contributed by atoms with Crippen LogP contribution in [0, 0.1) is 23.6 Å².